The zero-order valence-corrected chi connectivity index (χ0v) is 15.1. The minimum atomic E-state index is -0.196. The van der Waals surface area contributed by atoms with Crippen molar-refractivity contribution in [1.29, 1.82) is 10.5 Å². The minimum absolute atomic E-state index is 0.196. The Hall–Kier alpha value is -3.83. The van der Waals surface area contributed by atoms with E-state index in [4.69, 9.17) is 0 Å². The molecule has 0 amide bonds. The highest BCUT2D eigenvalue weighted by molar-refractivity contribution is 6.10. The van der Waals surface area contributed by atoms with E-state index in [1.807, 2.05) is 36.8 Å². The third-order valence-electron chi connectivity index (χ3n) is 5.85. The average Bonchev–Trinajstić information content (AvgIpc) is 3.25. The second-order valence-electron chi connectivity index (χ2n) is 7.48. The number of hydrogen-bond acceptors (Lipinski definition) is 5. The molecule has 1 aromatic heterocycles. The monoisotopic (exact) mass is 361 g/mol. The van der Waals surface area contributed by atoms with Gasteiger partial charge in [0.1, 0.15) is 0 Å². The summed E-state index contributed by atoms with van der Waals surface area (Å²) < 4.78 is 0. The maximum Gasteiger partial charge on any atom is 0.205 e. The Kier molecular flexibility index (Phi) is 3.57. The zero-order chi connectivity index (χ0) is 19.1. The van der Waals surface area contributed by atoms with Gasteiger partial charge in [-0.15, -0.1) is 0 Å². The van der Waals surface area contributed by atoms with Crippen LogP contribution < -0.4 is 0 Å². The van der Waals surface area contributed by atoms with Gasteiger partial charge < -0.3 is 0 Å². The summed E-state index contributed by atoms with van der Waals surface area (Å²) in [5, 5.41) is 26.6. The van der Waals surface area contributed by atoms with Gasteiger partial charge >= 0.3 is 0 Å². The van der Waals surface area contributed by atoms with E-state index in [2.05, 4.69) is 39.5 Å². The van der Waals surface area contributed by atoms with E-state index in [-0.39, 0.29) is 5.41 Å². The zero-order valence-electron chi connectivity index (χ0n) is 15.1. The molecule has 0 N–H and O–H groups in total. The Morgan fingerprint density at radius 3 is 2.29 bits per heavy atom. The SMILES string of the molecule is N#C/N=C1/c2cc(-c3cccc(C#N)c3)ccc2CC12Cc1cnncc1C2. The van der Waals surface area contributed by atoms with E-state index in [0.717, 1.165) is 41.7 Å². The summed E-state index contributed by atoms with van der Waals surface area (Å²) in [6.07, 6.45) is 8.19. The second kappa shape index (κ2) is 6.11. The van der Waals surface area contributed by atoms with Crippen LogP contribution >= 0.6 is 0 Å². The lowest BCUT2D eigenvalue weighted by Crippen LogP contribution is -2.29. The summed E-state index contributed by atoms with van der Waals surface area (Å²) in [5.41, 5.74) is 7.94. The van der Waals surface area contributed by atoms with Gasteiger partial charge in [0, 0.05) is 11.0 Å². The number of aromatic nitrogens is 2. The van der Waals surface area contributed by atoms with Gasteiger partial charge in [-0.25, -0.2) is 0 Å². The normalized spacial score (nSPS) is 17.1. The van der Waals surface area contributed by atoms with Crippen molar-refractivity contribution in [3.05, 3.63) is 82.7 Å². The molecule has 132 valence electrons. The predicted molar refractivity (Wildman–Crippen MR) is 104 cm³/mol. The molecule has 5 heteroatoms. The third kappa shape index (κ3) is 2.41. The maximum absolute atomic E-state index is 9.37. The van der Waals surface area contributed by atoms with Crippen molar-refractivity contribution >= 4 is 5.71 Å². The molecule has 0 radical (unpaired) electrons. The highest BCUT2D eigenvalue weighted by Gasteiger charge is 2.47. The highest BCUT2D eigenvalue weighted by atomic mass is 15.1. The molecule has 0 unspecified atom stereocenters. The van der Waals surface area contributed by atoms with Crippen molar-refractivity contribution < 1.29 is 0 Å². The number of hydrogen-bond donors (Lipinski definition) is 0. The molecule has 1 spiro atoms. The molecule has 3 aromatic rings. The van der Waals surface area contributed by atoms with Crippen LogP contribution in [0.5, 0.6) is 0 Å². The molecule has 2 aliphatic carbocycles. The Bertz CT molecular complexity index is 1200. The molecule has 28 heavy (non-hydrogen) atoms. The maximum atomic E-state index is 9.37. The summed E-state index contributed by atoms with van der Waals surface area (Å²) in [5.74, 6) is 0. The first-order chi connectivity index (χ1) is 13.7. The fourth-order valence-corrected chi connectivity index (χ4v) is 4.64. The first kappa shape index (κ1) is 16.4. The molecule has 0 bridgehead atoms. The number of fused-ring (bicyclic) bond motifs is 2. The van der Waals surface area contributed by atoms with Gasteiger partial charge in [0.2, 0.25) is 6.19 Å². The van der Waals surface area contributed by atoms with E-state index in [1.54, 1.807) is 6.07 Å². The fourth-order valence-electron chi connectivity index (χ4n) is 4.64. The van der Waals surface area contributed by atoms with Crippen LogP contribution in [0.4, 0.5) is 0 Å². The van der Waals surface area contributed by atoms with E-state index in [1.165, 1.54) is 16.7 Å². The summed E-state index contributed by atoms with van der Waals surface area (Å²) in [6, 6.07) is 16.1. The van der Waals surface area contributed by atoms with E-state index in [0.29, 0.717) is 5.56 Å². The summed E-state index contributed by atoms with van der Waals surface area (Å²) in [7, 11) is 0. The van der Waals surface area contributed by atoms with Gasteiger partial charge in [0.05, 0.1) is 29.7 Å². The van der Waals surface area contributed by atoms with Crippen LogP contribution in [0, 0.1) is 28.2 Å². The predicted octanol–water partition coefficient (Wildman–Crippen LogP) is 3.63. The first-order valence-corrected chi connectivity index (χ1v) is 9.12. The number of rotatable bonds is 1. The van der Waals surface area contributed by atoms with Gasteiger partial charge in [-0.2, -0.15) is 25.7 Å². The largest absolute Gasteiger partial charge is 0.205 e. The molecule has 2 aliphatic rings. The molecule has 5 rings (SSSR count). The molecule has 0 saturated heterocycles. The molecule has 1 heterocycles. The number of aliphatic imine (C=N–C) groups is 1. The van der Waals surface area contributed by atoms with Crippen LogP contribution in [0.15, 0.2) is 59.9 Å². The van der Waals surface area contributed by atoms with Crippen LogP contribution in [0.1, 0.15) is 27.8 Å². The van der Waals surface area contributed by atoms with Gasteiger partial charge in [-0.3, -0.25) is 0 Å². The van der Waals surface area contributed by atoms with Crippen molar-refractivity contribution in [2.24, 2.45) is 10.4 Å². The van der Waals surface area contributed by atoms with Gasteiger partial charge in [0.25, 0.3) is 0 Å². The molecule has 0 saturated carbocycles. The standard InChI is InChI=1S/C23H15N5/c24-11-15-2-1-3-16(6-15)17-4-5-18-8-23(22(26-14-25)21(18)7-17)9-19-12-27-28-13-20(19)10-23/h1-7,12-13H,8-10H2/b26-22-. The lowest BCUT2D eigenvalue weighted by atomic mass is 9.80. The van der Waals surface area contributed by atoms with Crippen LogP contribution in [0.25, 0.3) is 11.1 Å². The van der Waals surface area contributed by atoms with Gasteiger partial charge in [-0.1, -0.05) is 24.3 Å². The smallest absolute Gasteiger partial charge is 0.192 e. The Labute approximate surface area is 162 Å². The molecule has 2 aromatic carbocycles. The topological polar surface area (TPSA) is 85.7 Å². The number of benzene rings is 2. The minimum Gasteiger partial charge on any atom is -0.192 e. The van der Waals surface area contributed by atoms with Crippen molar-refractivity contribution in [3.8, 4) is 23.4 Å². The van der Waals surface area contributed by atoms with Gasteiger partial charge in [-0.05, 0) is 65.3 Å². The summed E-state index contributed by atoms with van der Waals surface area (Å²) in [4.78, 5) is 4.28. The first-order valence-electron chi connectivity index (χ1n) is 9.12. The molecular formula is C23H15N5. The number of nitriles is 2. The Balaban J connectivity index is 1.61. The molecule has 5 nitrogen and oxygen atoms in total. The summed E-state index contributed by atoms with van der Waals surface area (Å²) in [6.45, 7) is 0. The van der Waals surface area contributed by atoms with Crippen molar-refractivity contribution in [2.75, 3.05) is 0 Å². The third-order valence-corrected chi connectivity index (χ3v) is 5.85. The van der Waals surface area contributed by atoms with E-state index in [9.17, 15) is 10.5 Å². The summed E-state index contributed by atoms with van der Waals surface area (Å²) >= 11 is 0. The molecule has 0 fully saturated rings. The van der Waals surface area contributed by atoms with Crippen LogP contribution in [-0.2, 0) is 19.3 Å². The van der Waals surface area contributed by atoms with Crippen LogP contribution in [0.3, 0.4) is 0 Å². The van der Waals surface area contributed by atoms with E-state index < -0.39 is 0 Å². The molecule has 0 aliphatic heterocycles. The Morgan fingerprint density at radius 1 is 0.857 bits per heavy atom. The number of nitrogens with zero attached hydrogens (tertiary/aromatic N) is 5. The van der Waals surface area contributed by atoms with Gasteiger partial charge in [0.15, 0.2) is 0 Å². The van der Waals surface area contributed by atoms with E-state index >= 15 is 0 Å². The fraction of sp³-hybridized carbons (Fsp3) is 0.174. The van der Waals surface area contributed by atoms with Crippen molar-refractivity contribution in [3.63, 3.8) is 0 Å². The van der Waals surface area contributed by atoms with Crippen LogP contribution in [0.2, 0.25) is 0 Å². The second-order valence-corrected chi connectivity index (χ2v) is 7.48. The quantitative estimate of drug-likeness (QED) is 0.620. The molecule has 0 atom stereocenters. The lowest BCUT2D eigenvalue weighted by molar-refractivity contribution is 0.459. The molecular weight excluding hydrogens is 346 g/mol. The van der Waals surface area contributed by atoms with Crippen molar-refractivity contribution in [2.45, 2.75) is 19.3 Å². The highest BCUT2D eigenvalue weighted by Crippen LogP contribution is 2.48. The van der Waals surface area contributed by atoms with Crippen molar-refractivity contribution in [1.82, 2.24) is 10.2 Å². The average molecular weight is 361 g/mol. The van der Waals surface area contributed by atoms with Crippen LogP contribution in [-0.4, -0.2) is 15.9 Å². The Morgan fingerprint density at radius 2 is 1.57 bits per heavy atom. The lowest BCUT2D eigenvalue weighted by Gasteiger charge is -2.23.